The normalized spacial score (nSPS) is 17.3. The molecule has 0 radical (unpaired) electrons. The lowest BCUT2D eigenvalue weighted by Gasteiger charge is -2.34. The van der Waals surface area contributed by atoms with Crippen molar-refractivity contribution in [3.63, 3.8) is 0 Å². The van der Waals surface area contributed by atoms with Crippen molar-refractivity contribution in [2.75, 3.05) is 19.6 Å². The summed E-state index contributed by atoms with van der Waals surface area (Å²) in [6.45, 7) is 5.78. The fourth-order valence-electron chi connectivity index (χ4n) is 3.17. The number of carbonyl (C=O) groups excluding carboxylic acids is 1. The molecule has 2 rings (SSSR count). The maximum atomic E-state index is 13.7. The highest BCUT2D eigenvalue weighted by molar-refractivity contribution is 5.47. The molecule has 0 aromatic heterocycles. The number of amides is 1. The Morgan fingerprint density at radius 2 is 1.52 bits per heavy atom. The number of benzene rings is 1. The summed E-state index contributed by atoms with van der Waals surface area (Å²) in [4.78, 5) is 12.4. The van der Waals surface area contributed by atoms with Gasteiger partial charge in [0.2, 0.25) is 6.41 Å². The highest BCUT2D eigenvalue weighted by Gasteiger charge is 2.36. The second-order valence-electron chi connectivity index (χ2n) is 7.78. The lowest BCUT2D eigenvalue weighted by molar-refractivity contribution is -0.137. The molecule has 1 fully saturated rings. The van der Waals surface area contributed by atoms with Crippen molar-refractivity contribution in [2.45, 2.75) is 51.3 Å². The summed E-state index contributed by atoms with van der Waals surface area (Å²) in [7, 11) is 0. The summed E-state index contributed by atoms with van der Waals surface area (Å²) in [6, 6.07) is 2.57. The summed E-state index contributed by atoms with van der Waals surface area (Å²) in [6.07, 6.45) is -2.30. The van der Waals surface area contributed by atoms with Gasteiger partial charge >= 0.3 is 6.18 Å². The molecule has 1 aromatic carbocycles. The minimum absolute atomic E-state index is 0.166. The van der Waals surface area contributed by atoms with Crippen LogP contribution in [0.4, 0.5) is 22.0 Å². The number of hydrogen-bond acceptors (Lipinski definition) is 2. The summed E-state index contributed by atoms with van der Waals surface area (Å²) in [5.74, 6) is -3.09. The molecular formula is C19H25F5N2O. The predicted octanol–water partition coefficient (Wildman–Crippen LogP) is 4.51. The van der Waals surface area contributed by atoms with Gasteiger partial charge in [-0.3, -0.25) is 4.79 Å². The number of alkyl halides is 5. The van der Waals surface area contributed by atoms with E-state index in [4.69, 9.17) is 0 Å². The molecule has 0 spiro atoms. The number of nitrogens with zero attached hydrogens (tertiary/aromatic N) is 1. The van der Waals surface area contributed by atoms with Crippen LogP contribution in [0, 0.1) is 5.92 Å². The largest absolute Gasteiger partial charge is 0.416 e. The molecule has 1 aliphatic heterocycles. The SMILES string of the molecule is CC(F)(F)c1cc(C(F)(F)F)cc(C(C)(C)NCC2CCN(C=O)CC2)c1. The molecule has 152 valence electrons. The van der Waals surface area contributed by atoms with E-state index in [0.29, 0.717) is 32.6 Å². The second kappa shape index (κ2) is 7.73. The van der Waals surface area contributed by atoms with Crippen molar-refractivity contribution in [1.82, 2.24) is 10.2 Å². The Morgan fingerprint density at radius 1 is 1.00 bits per heavy atom. The van der Waals surface area contributed by atoms with Crippen molar-refractivity contribution in [3.05, 3.63) is 34.9 Å². The Kier molecular flexibility index (Phi) is 6.19. The number of piperidine rings is 1. The first-order chi connectivity index (χ1) is 12.3. The molecule has 0 unspecified atom stereocenters. The quantitative estimate of drug-likeness (QED) is 0.571. The summed E-state index contributed by atoms with van der Waals surface area (Å²) < 4.78 is 67.0. The van der Waals surface area contributed by atoms with Crippen LogP contribution in [0.25, 0.3) is 0 Å². The van der Waals surface area contributed by atoms with Crippen molar-refractivity contribution in [1.29, 1.82) is 0 Å². The average Bonchev–Trinajstić information content (AvgIpc) is 2.58. The van der Waals surface area contributed by atoms with E-state index in [1.807, 2.05) is 0 Å². The van der Waals surface area contributed by atoms with Gasteiger partial charge in [0.1, 0.15) is 0 Å². The smallest absolute Gasteiger partial charge is 0.345 e. The fraction of sp³-hybridized carbons (Fsp3) is 0.632. The van der Waals surface area contributed by atoms with E-state index in [1.54, 1.807) is 18.7 Å². The molecule has 1 N–H and O–H groups in total. The van der Waals surface area contributed by atoms with Gasteiger partial charge in [-0.15, -0.1) is 0 Å². The lowest BCUT2D eigenvalue weighted by Crippen LogP contribution is -2.43. The molecule has 1 saturated heterocycles. The third-order valence-electron chi connectivity index (χ3n) is 5.12. The van der Waals surface area contributed by atoms with E-state index in [-0.39, 0.29) is 11.5 Å². The van der Waals surface area contributed by atoms with Gasteiger partial charge in [0.05, 0.1) is 5.56 Å². The Labute approximate surface area is 155 Å². The van der Waals surface area contributed by atoms with Crippen molar-refractivity contribution in [2.24, 2.45) is 5.92 Å². The van der Waals surface area contributed by atoms with Gasteiger partial charge in [0, 0.05) is 31.1 Å². The third kappa shape index (κ3) is 5.64. The van der Waals surface area contributed by atoms with Crippen molar-refractivity contribution < 1.29 is 26.7 Å². The van der Waals surface area contributed by atoms with Gasteiger partial charge in [0.25, 0.3) is 5.92 Å². The lowest BCUT2D eigenvalue weighted by atomic mass is 9.88. The molecule has 0 aliphatic carbocycles. The van der Waals surface area contributed by atoms with Crippen molar-refractivity contribution in [3.8, 4) is 0 Å². The van der Waals surface area contributed by atoms with Crippen LogP contribution in [-0.2, 0) is 22.4 Å². The maximum Gasteiger partial charge on any atom is 0.416 e. The standard InChI is InChI=1S/C19H25F5N2O/c1-17(2,25-11-13-4-6-26(12-27)7-5-13)14-8-15(18(3,20)21)10-16(9-14)19(22,23)24/h8-10,12-13,25H,4-7,11H2,1-3H3. The zero-order valence-corrected chi connectivity index (χ0v) is 15.7. The van der Waals surface area contributed by atoms with Crippen LogP contribution < -0.4 is 5.32 Å². The topological polar surface area (TPSA) is 32.3 Å². The monoisotopic (exact) mass is 392 g/mol. The van der Waals surface area contributed by atoms with E-state index in [1.165, 1.54) is 0 Å². The van der Waals surface area contributed by atoms with E-state index in [9.17, 15) is 26.7 Å². The van der Waals surface area contributed by atoms with E-state index in [0.717, 1.165) is 31.4 Å². The molecule has 1 amide bonds. The van der Waals surface area contributed by atoms with E-state index < -0.39 is 28.8 Å². The van der Waals surface area contributed by atoms with Crippen LogP contribution in [0.3, 0.4) is 0 Å². The van der Waals surface area contributed by atoms with Crippen molar-refractivity contribution >= 4 is 6.41 Å². The van der Waals surface area contributed by atoms with Crippen LogP contribution in [-0.4, -0.2) is 30.9 Å². The van der Waals surface area contributed by atoms with Crippen LogP contribution in [0.5, 0.6) is 0 Å². The van der Waals surface area contributed by atoms with Crippen LogP contribution >= 0.6 is 0 Å². The molecule has 8 heteroatoms. The highest BCUT2D eigenvalue weighted by Crippen LogP contribution is 2.37. The fourth-order valence-corrected chi connectivity index (χ4v) is 3.17. The molecule has 0 saturated carbocycles. The van der Waals surface area contributed by atoms with Gasteiger partial charge in [-0.05, 0) is 62.9 Å². The van der Waals surface area contributed by atoms with Gasteiger partial charge in [-0.1, -0.05) is 0 Å². The highest BCUT2D eigenvalue weighted by atomic mass is 19.4. The minimum atomic E-state index is -4.70. The number of carbonyl (C=O) groups is 1. The Morgan fingerprint density at radius 3 is 2.00 bits per heavy atom. The number of hydrogen-bond donors (Lipinski definition) is 1. The summed E-state index contributed by atoms with van der Waals surface area (Å²) in [5, 5.41) is 3.22. The molecule has 0 atom stereocenters. The molecule has 1 heterocycles. The predicted molar refractivity (Wildman–Crippen MR) is 92.4 cm³/mol. The first-order valence-electron chi connectivity index (χ1n) is 8.88. The van der Waals surface area contributed by atoms with Crippen LogP contribution in [0.2, 0.25) is 0 Å². The van der Waals surface area contributed by atoms with E-state index >= 15 is 0 Å². The number of likely N-dealkylation sites (tertiary alicyclic amines) is 1. The number of halogens is 5. The van der Waals surface area contributed by atoms with Gasteiger partial charge < -0.3 is 10.2 Å². The molecule has 3 nitrogen and oxygen atoms in total. The maximum absolute atomic E-state index is 13.7. The number of rotatable bonds is 6. The molecule has 27 heavy (non-hydrogen) atoms. The third-order valence-corrected chi connectivity index (χ3v) is 5.12. The molecular weight excluding hydrogens is 367 g/mol. The Hall–Kier alpha value is -1.70. The van der Waals surface area contributed by atoms with Gasteiger partial charge in [-0.25, -0.2) is 8.78 Å². The Balaban J connectivity index is 2.20. The minimum Gasteiger partial charge on any atom is -0.345 e. The first kappa shape index (κ1) is 21.6. The molecule has 1 aliphatic rings. The van der Waals surface area contributed by atoms with E-state index in [2.05, 4.69) is 5.32 Å². The number of nitrogens with one attached hydrogen (secondary N) is 1. The zero-order chi connectivity index (χ0) is 20.5. The van der Waals surface area contributed by atoms with Gasteiger partial charge in [0.15, 0.2) is 0 Å². The van der Waals surface area contributed by atoms with Crippen LogP contribution in [0.1, 0.15) is 50.3 Å². The average molecular weight is 392 g/mol. The Bertz CT molecular complexity index is 627. The second-order valence-corrected chi connectivity index (χ2v) is 7.78. The molecule has 1 aromatic rings. The first-order valence-corrected chi connectivity index (χ1v) is 8.88. The summed E-state index contributed by atoms with van der Waals surface area (Å²) >= 11 is 0. The zero-order valence-electron chi connectivity index (χ0n) is 15.7. The van der Waals surface area contributed by atoms with Crippen LogP contribution in [0.15, 0.2) is 18.2 Å². The van der Waals surface area contributed by atoms with Gasteiger partial charge in [-0.2, -0.15) is 13.2 Å². The summed E-state index contributed by atoms with van der Waals surface area (Å²) in [5.41, 5.74) is -2.48. The molecule has 0 bridgehead atoms.